The molecular weight excluding hydrogens is 692 g/mol. The van der Waals surface area contributed by atoms with E-state index in [1.165, 1.54) is 0 Å². The van der Waals surface area contributed by atoms with Gasteiger partial charge in [-0.2, -0.15) is 0 Å². The highest BCUT2D eigenvalue weighted by Crippen LogP contribution is 2.07. The van der Waals surface area contributed by atoms with E-state index < -0.39 is 84.6 Å². The number of hydrogen-bond acceptors (Lipinski definition) is 11. The lowest BCUT2D eigenvalue weighted by molar-refractivity contribution is -0.142. The maximum absolute atomic E-state index is 13.3. The smallest absolute Gasteiger partial charge is 0.326 e. The quantitative estimate of drug-likeness (QED) is 0.0231. The van der Waals surface area contributed by atoms with E-state index in [1.807, 2.05) is 0 Å². The van der Waals surface area contributed by atoms with Crippen LogP contribution < -0.4 is 61.0 Å². The van der Waals surface area contributed by atoms with E-state index in [9.17, 15) is 38.7 Å². The number of nitrogens with one attached hydrogen (secondary N) is 5. The van der Waals surface area contributed by atoms with Crippen LogP contribution in [0.3, 0.4) is 0 Å². The van der Waals surface area contributed by atoms with Gasteiger partial charge >= 0.3 is 5.97 Å². The van der Waals surface area contributed by atoms with Crippen molar-refractivity contribution in [2.24, 2.45) is 39.4 Å². The number of amides is 6. The third kappa shape index (κ3) is 19.7. The summed E-state index contributed by atoms with van der Waals surface area (Å²) in [7, 11) is 0. The van der Waals surface area contributed by atoms with Crippen molar-refractivity contribution >= 4 is 47.4 Å². The van der Waals surface area contributed by atoms with Gasteiger partial charge in [0, 0.05) is 13.0 Å². The molecular formula is C33H56N12O8. The lowest BCUT2D eigenvalue weighted by Gasteiger charge is -2.24. The number of carbonyl (C=O) groups excluding carboxylic acids is 6. The average molecular weight is 749 g/mol. The molecule has 1 aromatic rings. The van der Waals surface area contributed by atoms with Gasteiger partial charge in [0.25, 0.3) is 0 Å². The molecule has 0 aliphatic heterocycles. The number of benzene rings is 1. The Morgan fingerprint density at radius 3 is 1.81 bits per heavy atom. The Morgan fingerprint density at radius 2 is 1.23 bits per heavy atom. The fourth-order valence-electron chi connectivity index (χ4n) is 4.99. The van der Waals surface area contributed by atoms with Crippen molar-refractivity contribution in [3.63, 3.8) is 0 Å². The highest BCUT2D eigenvalue weighted by Gasteiger charge is 2.30. The van der Waals surface area contributed by atoms with Crippen molar-refractivity contribution < 1.29 is 38.7 Å². The van der Waals surface area contributed by atoms with E-state index in [1.54, 1.807) is 30.3 Å². The van der Waals surface area contributed by atoms with Gasteiger partial charge in [-0.15, -0.1) is 0 Å². The molecule has 0 saturated carbocycles. The van der Waals surface area contributed by atoms with Crippen LogP contribution in [0.5, 0.6) is 0 Å². The predicted octanol–water partition coefficient (Wildman–Crippen LogP) is -4.12. The van der Waals surface area contributed by atoms with E-state index in [2.05, 4.69) is 31.6 Å². The second-order valence-electron chi connectivity index (χ2n) is 12.3. The largest absolute Gasteiger partial charge is 0.480 e. The van der Waals surface area contributed by atoms with E-state index in [0.29, 0.717) is 44.3 Å². The summed E-state index contributed by atoms with van der Waals surface area (Å²) in [5.41, 5.74) is 33.6. The van der Waals surface area contributed by atoms with Gasteiger partial charge in [-0.25, -0.2) is 4.79 Å². The second-order valence-corrected chi connectivity index (χ2v) is 12.3. The summed E-state index contributed by atoms with van der Waals surface area (Å²) in [5, 5.41) is 21.9. The SMILES string of the molecule is NCCCC[C@H](NC(=O)[C@H](Cc1ccccc1)NC(=O)CNC(=O)[C@H](CCCN=C(N)N)NC(=O)[C@H](CC(N)=O)NC(=O)[C@@H](N)CCCCN)C(=O)O. The first kappa shape index (κ1) is 45.7. The Labute approximate surface area is 308 Å². The number of aliphatic imine (C=N–C) groups is 1. The number of aliphatic carboxylic acids is 1. The Balaban J connectivity index is 3.10. The van der Waals surface area contributed by atoms with Crippen LogP contribution in [0.2, 0.25) is 0 Å². The number of hydrogen-bond donors (Lipinski definition) is 12. The lowest BCUT2D eigenvalue weighted by Crippen LogP contribution is -2.57. The number of guanidine groups is 1. The minimum absolute atomic E-state index is 0.00855. The van der Waals surface area contributed by atoms with Gasteiger partial charge in [0.2, 0.25) is 35.4 Å². The van der Waals surface area contributed by atoms with Gasteiger partial charge in [-0.05, 0) is 63.6 Å². The van der Waals surface area contributed by atoms with Crippen LogP contribution in [0, 0.1) is 0 Å². The molecule has 0 saturated heterocycles. The van der Waals surface area contributed by atoms with Crippen LogP contribution in [0.1, 0.15) is 63.4 Å². The lowest BCUT2D eigenvalue weighted by atomic mass is 10.0. The minimum Gasteiger partial charge on any atom is -0.480 e. The molecule has 1 aromatic carbocycles. The summed E-state index contributed by atoms with van der Waals surface area (Å²) in [6.45, 7) is 0.202. The Hall–Kier alpha value is -5.34. The highest BCUT2D eigenvalue weighted by atomic mass is 16.4. The number of unbranched alkanes of at least 4 members (excludes halogenated alkanes) is 2. The molecule has 296 valence electrons. The molecule has 0 radical (unpaired) electrons. The topological polar surface area (TPSA) is 368 Å². The Bertz CT molecular complexity index is 1380. The van der Waals surface area contributed by atoms with Crippen LogP contribution in [0.25, 0.3) is 0 Å². The summed E-state index contributed by atoms with van der Waals surface area (Å²) < 4.78 is 0. The third-order valence-corrected chi connectivity index (χ3v) is 7.84. The van der Waals surface area contributed by atoms with Crippen LogP contribution in [-0.4, -0.2) is 109 Å². The van der Waals surface area contributed by atoms with Gasteiger partial charge in [0.15, 0.2) is 5.96 Å². The van der Waals surface area contributed by atoms with Crippen molar-refractivity contribution in [2.75, 3.05) is 26.2 Å². The molecule has 6 amide bonds. The van der Waals surface area contributed by atoms with Gasteiger partial charge in [0.05, 0.1) is 19.0 Å². The first-order valence-electron chi connectivity index (χ1n) is 17.4. The van der Waals surface area contributed by atoms with Crippen molar-refractivity contribution in [1.29, 1.82) is 0 Å². The first-order chi connectivity index (χ1) is 25.2. The third-order valence-electron chi connectivity index (χ3n) is 7.84. The maximum Gasteiger partial charge on any atom is 0.326 e. The van der Waals surface area contributed by atoms with Crippen LogP contribution in [0.15, 0.2) is 35.3 Å². The molecule has 0 aliphatic rings. The van der Waals surface area contributed by atoms with Crippen LogP contribution in [-0.2, 0) is 40.0 Å². The monoisotopic (exact) mass is 748 g/mol. The summed E-state index contributed by atoms with van der Waals surface area (Å²) in [4.78, 5) is 93.1. The van der Waals surface area contributed by atoms with Gasteiger partial charge in [-0.3, -0.25) is 33.8 Å². The molecule has 0 heterocycles. The van der Waals surface area contributed by atoms with E-state index in [0.717, 1.165) is 0 Å². The number of carboxylic acid groups (broad SMARTS) is 1. The van der Waals surface area contributed by atoms with Crippen LogP contribution in [0.4, 0.5) is 0 Å². The second kappa shape index (κ2) is 25.6. The molecule has 0 bridgehead atoms. The minimum atomic E-state index is -1.47. The zero-order valence-electron chi connectivity index (χ0n) is 29.9. The van der Waals surface area contributed by atoms with E-state index in [-0.39, 0.29) is 44.6 Å². The summed E-state index contributed by atoms with van der Waals surface area (Å²) in [6, 6.07) is 2.47. The van der Waals surface area contributed by atoms with Gasteiger partial charge in [-0.1, -0.05) is 36.8 Å². The molecule has 0 fully saturated rings. The van der Waals surface area contributed by atoms with Crippen LogP contribution >= 0.6 is 0 Å². The molecule has 0 spiro atoms. The number of carboxylic acids is 1. The van der Waals surface area contributed by atoms with Crippen molar-refractivity contribution in [2.45, 2.75) is 94.4 Å². The molecule has 20 nitrogen and oxygen atoms in total. The van der Waals surface area contributed by atoms with Gasteiger partial charge in [0.1, 0.15) is 24.2 Å². The average Bonchev–Trinajstić information content (AvgIpc) is 3.10. The summed E-state index contributed by atoms with van der Waals surface area (Å²) in [5.74, 6) is -6.35. The molecule has 0 aromatic heterocycles. The van der Waals surface area contributed by atoms with Gasteiger partial charge < -0.3 is 66.1 Å². The fraction of sp³-hybridized carbons (Fsp3) is 0.576. The molecule has 1 rings (SSSR count). The Morgan fingerprint density at radius 1 is 0.660 bits per heavy atom. The zero-order chi connectivity index (χ0) is 39.8. The van der Waals surface area contributed by atoms with Crippen molar-refractivity contribution in [3.8, 4) is 0 Å². The molecule has 20 heteroatoms. The normalized spacial score (nSPS) is 13.6. The summed E-state index contributed by atoms with van der Waals surface area (Å²) in [6.07, 6.45) is 2.16. The van der Waals surface area contributed by atoms with Crippen molar-refractivity contribution in [1.82, 2.24) is 26.6 Å². The number of carbonyl (C=O) groups is 7. The van der Waals surface area contributed by atoms with E-state index >= 15 is 0 Å². The predicted molar refractivity (Wildman–Crippen MR) is 196 cm³/mol. The standard InChI is InChI=1S/C33H56N12O8/c34-14-6-4-11-21(36)28(48)45-25(18-26(37)46)31(51)43-22(13-8-16-40-33(38)39)29(49)41-19-27(47)42-24(17-20-9-2-1-3-10-20)30(50)44-23(32(52)53)12-5-7-15-35/h1-3,9-10,21-25H,4-8,11-19,34-36H2,(H2,37,46)(H,41,49)(H,42,47)(H,43,51)(H,44,50)(H,45,48)(H,52,53)(H4,38,39,40)/t21-,22-,23-,24-,25-/m0/s1. The van der Waals surface area contributed by atoms with E-state index in [4.69, 9.17) is 34.4 Å². The maximum atomic E-state index is 13.3. The summed E-state index contributed by atoms with van der Waals surface area (Å²) >= 11 is 0. The molecule has 0 aliphatic carbocycles. The number of nitrogens with zero attached hydrogens (tertiary/aromatic N) is 1. The first-order valence-corrected chi connectivity index (χ1v) is 17.4. The fourth-order valence-corrected chi connectivity index (χ4v) is 4.99. The molecule has 5 atom stereocenters. The molecule has 0 unspecified atom stereocenters. The number of rotatable bonds is 27. The van der Waals surface area contributed by atoms with Crippen molar-refractivity contribution in [3.05, 3.63) is 35.9 Å². The zero-order valence-corrected chi connectivity index (χ0v) is 29.9. The molecule has 53 heavy (non-hydrogen) atoms. The molecule has 18 N–H and O–H groups in total. The number of primary amides is 1. The Kier molecular flexibility index (Phi) is 22.1. The highest BCUT2D eigenvalue weighted by molar-refractivity contribution is 5.96. The number of nitrogens with two attached hydrogens (primary N) is 6.